The maximum Gasteiger partial charge on any atom is 0.514 e. The molecule has 2 amide bonds. The molecule has 0 radical (unpaired) electrons. The first kappa shape index (κ1) is 33.7. The van der Waals surface area contributed by atoms with Crippen molar-refractivity contribution in [1.82, 2.24) is 4.90 Å². The van der Waals surface area contributed by atoms with Crippen LogP contribution in [0.3, 0.4) is 0 Å². The van der Waals surface area contributed by atoms with E-state index < -0.39 is 65.0 Å². The zero-order valence-electron chi connectivity index (χ0n) is 25.0. The van der Waals surface area contributed by atoms with Crippen molar-refractivity contribution in [2.45, 2.75) is 118 Å². The fraction of sp³-hybridized carbons (Fsp3) is 0.643. The van der Waals surface area contributed by atoms with Gasteiger partial charge in [-0.15, -0.1) is 0 Å². The van der Waals surface area contributed by atoms with Gasteiger partial charge in [0.2, 0.25) is 0 Å². The minimum Gasteiger partial charge on any atom is -0.458 e. The molecule has 0 unspecified atom stereocenters. The van der Waals surface area contributed by atoms with E-state index in [1.54, 1.807) is 83.1 Å². The topological polar surface area (TPSA) is 118 Å². The number of amides is 2. The molecule has 0 aromatic heterocycles. The average Bonchev–Trinajstić information content (AvgIpc) is 2.64. The lowest BCUT2D eigenvalue weighted by molar-refractivity contribution is -0.161. The summed E-state index contributed by atoms with van der Waals surface area (Å²) in [6, 6.07) is 1.69. The van der Waals surface area contributed by atoms with Crippen LogP contribution in [0.5, 0.6) is 5.75 Å². The third-order valence-electron chi connectivity index (χ3n) is 4.19. The summed E-state index contributed by atoms with van der Waals surface area (Å²) in [6.45, 7) is 19.2. The van der Waals surface area contributed by atoms with Crippen LogP contribution in [0.1, 0.15) is 88.6 Å². The molecule has 0 N–H and O–H groups in total. The number of ether oxygens (including phenoxy) is 5. The van der Waals surface area contributed by atoms with Crippen molar-refractivity contribution in [2.24, 2.45) is 0 Å². The summed E-state index contributed by atoms with van der Waals surface area (Å²) in [4.78, 5) is 52.4. The number of esters is 1. The molecular weight excluding hydrogens is 512 g/mol. The Balaban J connectivity index is 3.58. The number of carbonyl (C=O) groups excluding carboxylic acids is 4. The summed E-state index contributed by atoms with van der Waals surface area (Å²) in [5.74, 6) is -1.87. The number of imide groups is 1. The molecule has 39 heavy (non-hydrogen) atoms. The second-order valence-corrected chi connectivity index (χ2v) is 12.9. The van der Waals surface area contributed by atoms with Crippen LogP contribution in [0, 0.1) is 5.82 Å². The Labute approximate surface area is 230 Å². The smallest absolute Gasteiger partial charge is 0.458 e. The second-order valence-electron chi connectivity index (χ2n) is 12.9. The standard InChI is InChI=1S/C28H42FNO9/c1-25(2,3)36-21(31)20(30(22(32)37-26(4,5)6)23(33)38-27(7,8)9)16-17-15-18(13-14-19(17)29)35-24(34)39-28(10,11)12/h13-15,20H,16H2,1-12H3/t20-/m1/s1/i29-1. The first-order chi connectivity index (χ1) is 17.4. The van der Waals surface area contributed by atoms with Crippen molar-refractivity contribution in [2.75, 3.05) is 0 Å². The highest BCUT2D eigenvalue weighted by Crippen LogP contribution is 2.25. The number of carbonyl (C=O) groups is 4. The summed E-state index contributed by atoms with van der Waals surface area (Å²) in [5.41, 5.74) is -4.07. The fourth-order valence-electron chi connectivity index (χ4n) is 2.95. The number of nitrogens with zero attached hydrogens (tertiary/aromatic N) is 1. The normalized spacial score (nSPS) is 13.2. The summed E-state index contributed by atoms with van der Waals surface area (Å²) < 4.78 is 41.5. The molecule has 0 fully saturated rings. The Morgan fingerprint density at radius 1 is 0.718 bits per heavy atom. The molecule has 0 aliphatic carbocycles. The lowest BCUT2D eigenvalue weighted by Crippen LogP contribution is -2.54. The molecule has 1 aromatic rings. The zero-order chi connectivity index (χ0) is 30.6. The van der Waals surface area contributed by atoms with Crippen LogP contribution >= 0.6 is 0 Å². The molecule has 0 saturated carbocycles. The van der Waals surface area contributed by atoms with Crippen LogP contribution in [0.2, 0.25) is 0 Å². The number of benzene rings is 1. The van der Waals surface area contributed by atoms with Crippen molar-refractivity contribution in [1.29, 1.82) is 0 Å². The van der Waals surface area contributed by atoms with Crippen LogP contribution in [0.4, 0.5) is 18.8 Å². The second kappa shape index (κ2) is 12.2. The zero-order valence-corrected chi connectivity index (χ0v) is 25.0. The van der Waals surface area contributed by atoms with Gasteiger partial charge in [-0.3, -0.25) is 0 Å². The van der Waals surface area contributed by atoms with Gasteiger partial charge in [0.15, 0.2) is 0 Å². The van der Waals surface area contributed by atoms with Gasteiger partial charge in [0.25, 0.3) is 0 Å². The summed E-state index contributed by atoms with van der Waals surface area (Å²) >= 11 is 0. The van der Waals surface area contributed by atoms with E-state index in [2.05, 4.69) is 0 Å². The first-order valence-corrected chi connectivity index (χ1v) is 12.5. The van der Waals surface area contributed by atoms with Crippen molar-refractivity contribution in [3.8, 4) is 5.75 Å². The largest absolute Gasteiger partial charge is 0.514 e. The van der Waals surface area contributed by atoms with E-state index in [0.29, 0.717) is 4.90 Å². The van der Waals surface area contributed by atoms with Crippen molar-refractivity contribution in [3.05, 3.63) is 29.6 Å². The molecule has 0 aliphatic heterocycles. The van der Waals surface area contributed by atoms with Gasteiger partial charge in [-0.1, -0.05) is 0 Å². The van der Waals surface area contributed by atoms with Crippen LogP contribution in [0.15, 0.2) is 18.2 Å². The van der Waals surface area contributed by atoms with Gasteiger partial charge in [-0.2, -0.15) is 4.90 Å². The summed E-state index contributed by atoms with van der Waals surface area (Å²) in [7, 11) is 0. The molecule has 11 heteroatoms. The molecule has 10 nitrogen and oxygen atoms in total. The highest BCUT2D eigenvalue weighted by Gasteiger charge is 2.42. The van der Waals surface area contributed by atoms with Crippen LogP contribution in [-0.2, 0) is 30.2 Å². The van der Waals surface area contributed by atoms with Gasteiger partial charge in [0, 0.05) is 6.42 Å². The maximum atomic E-state index is 15.0. The molecule has 0 bridgehead atoms. The van der Waals surface area contributed by atoms with Gasteiger partial charge in [-0.25, -0.2) is 23.6 Å². The van der Waals surface area contributed by atoms with Crippen molar-refractivity contribution >= 4 is 24.3 Å². The van der Waals surface area contributed by atoms with E-state index in [-0.39, 0.29) is 11.3 Å². The lowest BCUT2D eigenvalue weighted by Gasteiger charge is -2.33. The first-order valence-electron chi connectivity index (χ1n) is 12.5. The van der Waals surface area contributed by atoms with E-state index >= 15 is 0 Å². The quantitative estimate of drug-likeness (QED) is 0.226. The summed E-state index contributed by atoms with van der Waals surface area (Å²) in [5, 5.41) is 0. The lowest BCUT2D eigenvalue weighted by atomic mass is 10.0. The molecule has 1 atom stereocenters. The molecule has 0 aliphatic rings. The van der Waals surface area contributed by atoms with Crippen LogP contribution in [-0.4, -0.2) is 57.7 Å². The predicted molar refractivity (Wildman–Crippen MR) is 141 cm³/mol. The molecule has 0 spiro atoms. The number of hydrogen-bond acceptors (Lipinski definition) is 9. The minimum absolute atomic E-state index is 0.0790. The molecule has 1 aromatic carbocycles. The Morgan fingerprint density at radius 2 is 1.15 bits per heavy atom. The number of halogens is 1. The molecule has 0 heterocycles. The molecular formula is C28H42FNO9. The van der Waals surface area contributed by atoms with E-state index in [0.717, 1.165) is 6.07 Å². The number of hydrogen-bond donors (Lipinski definition) is 0. The van der Waals surface area contributed by atoms with Gasteiger partial charge in [0.05, 0.1) is 0 Å². The van der Waals surface area contributed by atoms with Gasteiger partial charge in [0.1, 0.15) is 40.0 Å². The average molecular weight is 555 g/mol. The third-order valence-corrected chi connectivity index (χ3v) is 4.19. The Bertz CT molecular complexity index is 1030. The highest BCUT2D eigenvalue weighted by atomic mass is 18.2. The van der Waals surface area contributed by atoms with Crippen LogP contribution in [0.25, 0.3) is 0 Å². The Morgan fingerprint density at radius 3 is 1.56 bits per heavy atom. The van der Waals surface area contributed by atoms with E-state index in [1.807, 2.05) is 0 Å². The predicted octanol–water partition coefficient (Wildman–Crippen LogP) is 6.56. The Hall–Kier alpha value is -3.37. The molecule has 220 valence electrons. The van der Waals surface area contributed by atoms with E-state index in [9.17, 15) is 23.6 Å². The number of rotatable bonds is 5. The van der Waals surface area contributed by atoms with E-state index in [1.165, 1.54) is 12.1 Å². The minimum atomic E-state index is -1.69. The molecule has 0 saturated heterocycles. The SMILES string of the molecule is CC(C)(C)OC(=O)Oc1ccc([18F])c(C[C@H](C(=O)OC(C)(C)C)N(C(=O)OC(C)(C)C)C(=O)OC(C)(C)C)c1. The Kier molecular flexibility index (Phi) is 10.5. The van der Waals surface area contributed by atoms with Crippen molar-refractivity contribution < 1.29 is 47.3 Å². The van der Waals surface area contributed by atoms with Gasteiger partial charge in [-0.05, 0) is 107 Å². The monoisotopic (exact) mass is 554 g/mol. The van der Waals surface area contributed by atoms with Gasteiger partial charge >= 0.3 is 24.3 Å². The third kappa shape index (κ3) is 12.8. The molecule has 1 rings (SSSR count). The van der Waals surface area contributed by atoms with E-state index in [4.69, 9.17) is 23.7 Å². The summed E-state index contributed by atoms with van der Waals surface area (Å²) in [6.07, 6.45) is -3.93. The van der Waals surface area contributed by atoms with Gasteiger partial charge < -0.3 is 23.7 Å². The highest BCUT2D eigenvalue weighted by molar-refractivity contribution is 5.94. The maximum absolute atomic E-state index is 15.0. The van der Waals surface area contributed by atoms with Crippen molar-refractivity contribution in [3.63, 3.8) is 0 Å². The fourth-order valence-corrected chi connectivity index (χ4v) is 2.95. The van der Waals surface area contributed by atoms with Crippen LogP contribution < -0.4 is 4.74 Å².